The van der Waals surface area contributed by atoms with Crippen molar-refractivity contribution in [3.05, 3.63) is 99.4 Å². The maximum atomic E-state index is 14.2. The first-order chi connectivity index (χ1) is 18.9. The van der Waals surface area contributed by atoms with Crippen LogP contribution in [-0.4, -0.2) is 36.4 Å². The molecule has 0 unspecified atom stereocenters. The lowest BCUT2D eigenvalue weighted by Crippen LogP contribution is -2.25. The number of sulfonamides is 1. The van der Waals surface area contributed by atoms with Gasteiger partial charge in [0.05, 0.1) is 28.3 Å². The summed E-state index contributed by atoms with van der Waals surface area (Å²) >= 11 is 3.43. The molecule has 7 nitrogen and oxygen atoms in total. The number of hydrogen-bond acceptors (Lipinski definition) is 4. The zero-order valence-corrected chi connectivity index (χ0v) is 23.4. The van der Waals surface area contributed by atoms with Gasteiger partial charge in [0.15, 0.2) is 0 Å². The largest absolute Gasteiger partial charge is 0.488 e. The lowest BCUT2D eigenvalue weighted by atomic mass is 10.1. The highest BCUT2D eigenvalue weighted by Gasteiger charge is 2.30. The van der Waals surface area contributed by atoms with Crippen LogP contribution in [0.2, 0.25) is 0 Å². The molecule has 12 heteroatoms. The van der Waals surface area contributed by atoms with Gasteiger partial charge in [-0.2, -0.15) is 0 Å². The summed E-state index contributed by atoms with van der Waals surface area (Å²) in [6, 6.07) is 14.1. The van der Waals surface area contributed by atoms with E-state index in [4.69, 9.17) is 4.74 Å². The Balaban J connectivity index is 1.61. The number of benzene rings is 3. The fourth-order valence-corrected chi connectivity index (χ4v) is 6.61. The molecule has 0 spiro atoms. The molecule has 40 heavy (non-hydrogen) atoms. The Morgan fingerprint density at radius 3 is 2.35 bits per heavy atom. The number of carboxylic acid groups (broad SMARTS) is 1. The van der Waals surface area contributed by atoms with E-state index in [9.17, 15) is 31.5 Å². The Morgan fingerprint density at radius 1 is 1.00 bits per heavy atom. The zero-order valence-electron chi connectivity index (χ0n) is 21.0. The summed E-state index contributed by atoms with van der Waals surface area (Å²) in [6.45, 7) is 1.52. The highest BCUT2D eigenvalue weighted by atomic mass is 79.9. The standard InChI is InChI=1S/C28H22BrF3N2O5S/c1-16-3-5-26(22-11-18(29)4-6-27(22)39-15-23-24(31)12-19(30)13-25(23)32)34(16)21-10-17(28(35)36)9-20(14-21)33-7-2-8-40(33,37)38/h3-6,9-14H,2,7-8,15H2,1H3,(H,35,36). The van der Waals surface area contributed by atoms with Crippen molar-refractivity contribution in [2.24, 2.45) is 0 Å². The summed E-state index contributed by atoms with van der Waals surface area (Å²) in [5, 5.41) is 9.79. The molecule has 4 aromatic rings. The highest BCUT2D eigenvalue weighted by Crippen LogP contribution is 2.38. The van der Waals surface area contributed by atoms with Crippen molar-refractivity contribution in [1.82, 2.24) is 4.57 Å². The van der Waals surface area contributed by atoms with E-state index < -0.39 is 45.6 Å². The number of anilines is 1. The molecule has 1 saturated heterocycles. The van der Waals surface area contributed by atoms with Crippen LogP contribution < -0.4 is 9.04 Å². The minimum Gasteiger partial charge on any atom is -0.488 e. The number of hydrogen-bond donors (Lipinski definition) is 1. The van der Waals surface area contributed by atoms with Gasteiger partial charge in [-0.05, 0) is 61.9 Å². The number of ether oxygens (including phenoxy) is 1. The molecule has 2 heterocycles. The van der Waals surface area contributed by atoms with E-state index in [2.05, 4.69) is 15.9 Å². The molecule has 1 fully saturated rings. The topological polar surface area (TPSA) is 88.8 Å². The molecular formula is C28H22BrF3N2O5S. The van der Waals surface area contributed by atoms with Crippen LogP contribution in [0.5, 0.6) is 5.75 Å². The van der Waals surface area contributed by atoms with Gasteiger partial charge in [0.25, 0.3) is 0 Å². The van der Waals surface area contributed by atoms with E-state index in [0.717, 1.165) is 0 Å². The van der Waals surface area contributed by atoms with Crippen molar-refractivity contribution in [1.29, 1.82) is 0 Å². The third kappa shape index (κ3) is 5.33. The Bertz CT molecular complexity index is 1730. The van der Waals surface area contributed by atoms with Gasteiger partial charge in [0.1, 0.15) is 29.8 Å². The Hall–Kier alpha value is -3.77. The third-order valence-electron chi connectivity index (χ3n) is 6.57. The monoisotopic (exact) mass is 634 g/mol. The number of aromatic carboxylic acids is 1. The second-order valence-electron chi connectivity index (χ2n) is 9.26. The van der Waals surface area contributed by atoms with Crippen LogP contribution in [0.3, 0.4) is 0 Å². The molecule has 1 aliphatic rings. The first kappa shape index (κ1) is 27.8. The van der Waals surface area contributed by atoms with Crippen molar-refractivity contribution in [2.45, 2.75) is 20.0 Å². The number of aromatic nitrogens is 1. The van der Waals surface area contributed by atoms with Gasteiger partial charge in [0, 0.05) is 40.1 Å². The number of rotatable bonds is 7. The number of nitrogens with zero attached hydrogens (tertiary/aromatic N) is 2. The van der Waals surface area contributed by atoms with Crippen molar-refractivity contribution in [2.75, 3.05) is 16.6 Å². The van der Waals surface area contributed by atoms with Crippen LogP contribution >= 0.6 is 15.9 Å². The fourth-order valence-electron chi connectivity index (χ4n) is 4.70. The zero-order chi connectivity index (χ0) is 28.8. The summed E-state index contributed by atoms with van der Waals surface area (Å²) in [7, 11) is -3.58. The molecule has 5 rings (SSSR count). The van der Waals surface area contributed by atoms with E-state index >= 15 is 0 Å². The molecular weight excluding hydrogens is 613 g/mol. The second-order valence-corrected chi connectivity index (χ2v) is 12.2. The SMILES string of the molecule is Cc1ccc(-c2cc(Br)ccc2OCc2c(F)cc(F)cc2F)n1-c1cc(C(=O)O)cc(N2CCCS2(=O)=O)c1. The Kier molecular flexibility index (Phi) is 7.40. The van der Waals surface area contributed by atoms with Crippen LogP contribution in [0.15, 0.2) is 65.1 Å². The molecule has 0 saturated carbocycles. The van der Waals surface area contributed by atoms with Gasteiger partial charge in [-0.25, -0.2) is 26.4 Å². The summed E-state index contributed by atoms with van der Waals surface area (Å²) in [5.74, 6) is -4.19. The van der Waals surface area contributed by atoms with Gasteiger partial charge in [-0.3, -0.25) is 4.31 Å². The van der Waals surface area contributed by atoms with Crippen molar-refractivity contribution < 1.29 is 36.2 Å². The maximum absolute atomic E-state index is 14.2. The molecule has 0 aliphatic carbocycles. The smallest absolute Gasteiger partial charge is 0.335 e. The van der Waals surface area contributed by atoms with Gasteiger partial charge in [-0.15, -0.1) is 0 Å². The minimum atomic E-state index is -3.58. The fraction of sp³-hybridized carbons (Fsp3) is 0.179. The summed E-state index contributed by atoms with van der Waals surface area (Å²) in [6.07, 6.45) is 0.427. The number of aryl methyl sites for hydroxylation is 1. The molecule has 1 aliphatic heterocycles. The van der Waals surface area contributed by atoms with Crippen LogP contribution in [0.1, 0.15) is 28.0 Å². The third-order valence-corrected chi connectivity index (χ3v) is 8.93. The Labute approximate surface area is 236 Å². The summed E-state index contributed by atoms with van der Waals surface area (Å²) < 4.78 is 76.5. The molecule has 0 bridgehead atoms. The van der Waals surface area contributed by atoms with Crippen molar-refractivity contribution in [3.63, 3.8) is 0 Å². The van der Waals surface area contributed by atoms with E-state index in [-0.39, 0.29) is 29.3 Å². The van der Waals surface area contributed by atoms with Crippen LogP contribution in [-0.2, 0) is 16.6 Å². The lowest BCUT2D eigenvalue weighted by Gasteiger charge is -2.21. The Morgan fingerprint density at radius 2 is 1.70 bits per heavy atom. The number of carbonyl (C=O) groups is 1. The van der Waals surface area contributed by atoms with Crippen molar-refractivity contribution in [3.8, 4) is 22.7 Å². The van der Waals surface area contributed by atoms with Gasteiger partial charge in [0.2, 0.25) is 10.0 Å². The molecule has 1 aromatic heterocycles. The van der Waals surface area contributed by atoms with Crippen molar-refractivity contribution >= 4 is 37.6 Å². The molecule has 1 N–H and O–H groups in total. The van der Waals surface area contributed by atoms with Gasteiger partial charge < -0.3 is 14.4 Å². The predicted octanol–water partition coefficient (Wildman–Crippen LogP) is 6.45. The maximum Gasteiger partial charge on any atom is 0.335 e. The predicted molar refractivity (Wildman–Crippen MR) is 147 cm³/mol. The number of halogens is 4. The minimum absolute atomic E-state index is 0.0264. The second kappa shape index (κ2) is 10.7. The van der Waals surface area contributed by atoms with E-state index in [1.807, 2.05) is 0 Å². The normalized spacial score (nSPS) is 14.5. The van der Waals surface area contributed by atoms with Crippen LogP contribution in [0.4, 0.5) is 18.9 Å². The van der Waals surface area contributed by atoms with Gasteiger partial charge in [-0.1, -0.05) is 15.9 Å². The summed E-state index contributed by atoms with van der Waals surface area (Å²) in [5.41, 5.74) is 1.85. The first-order valence-electron chi connectivity index (χ1n) is 12.1. The molecule has 0 amide bonds. The number of carboxylic acids is 1. The van der Waals surface area contributed by atoms with E-state index in [1.165, 1.54) is 16.4 Å². The molecule has 208 valence electrons. The van der Waals surface area contributed by atoms with Crippen LogP contribution in [0, 0.1) is 24.4 Å². The van der Waals surface area contributed by atoms with E-state index in [1.54, 1.807) is 47.9 Å². The lowest BCUT2D eigenvalue weighted by molar-refractivity contribution is 0.0696. The molecule has 0 atom stereocenters. The van der Waals surface area contributed by atoms with Crippen LogP contribution in [0.25, 0.3) is 16.9 Å². The van der Waals surface area contributed by atoms with E-state index in [0.29, 0.717) is 45.7 Å². The quantitative estimate of drug-likeness (QED) is 0.252. The molecule has 0 radical (unpaired) electrons. The average molecular weight is 635 g/mol. The summed E-state index contributed by atoms with van der Waals surface area (Å²) in [4.78, 5) is 12.0. The van der Waals surface area contributed by atoms with Gasteiger partial charge >= 0.3 is 5.97 Å². The molecule has 3 aromatic carbocycles. The average Bonchev–Trinajstić information content (AvgIpc) is 3.44. The highest BCUT2D eigenvalue weighted by molar-refractivity contribution is 9.10. The first-order valence-corrected chi connectivity index (χ1v) is 14.5.